The molecule has 0 bridgehead atoms. The number of likely N-dealkylation sites (tertiary alicyclic amines) is 1. The van der Waals surface area contributed by atoms with Crippen molar-refractivity contribution in [2.24, 2.45) is 0 Å². The number of likely N-dealkylation sites (N-methyl/N-ethyl adjacent to an activating group) is 1. The first-order valence-electron chi connectivity index (χ1n) is 8.76. The van der Waals surface area contributed by atoms with Gasteiger partial charge in [0.15, 0.2) is 0 Å². The van der Waals surface area contributed by atoms with Crippen molar-refractivity contribution in [1.82, 2.24) is 19.8 Å². The van der Waals surface area contributed by atoms with Gasteiger partial charge in [-0.05, 0) is 19.5 Å². The zero-order valence-corrected chi connectivity index (χ0v) is 15.6. The summed E-state index contributed by atoms with van der Waals surface area (Å²) >= 11 is 0. The van der Waals surface area contributed by atoms with Gasteiger partial charge in [0.25, 0.3) is 0 Å². The Morgan fingerprint density at radius 3 is 2.60 bits per heavy atom. The van der Waals surface area contributed by atoms with Crippen LogP contribution in [-0.2, 0) is 9.53 Å². The summed E-state index contributed by atoms with van der Waals surface area (Å²) in [4.78, 5) is 29.9. The van der Waals surface area contributed by atoms with Gasteiger partial charge in [0.05, 0.1) is 12.1 Å². The van der Waals surface area contributed by atoms with Crippen molar-refractivity contribution in [3.05, 3.63) is 12.3 Å². The topological polar surface area (TPSA) is 65.0 Å². The van der Waals surface area contributed by atoms with Crippen LogP contribution in [0.3, 0.4) is 0 Å². The molecule has 2 aliphatic heterocycles. The zero-order valence-electron chi connectivity index (χ0n) is 15.6. The van der Waals surface area contributed by atoms with Gasteiger partial charge in [0.1, 0.15) is 5.82 Å². The van der Waals surface area contributed by atoms with E-state index in [0.29, 0.717) is 5.95 Å². The van der Waals surface area contributed by atoms with Crippen LogP contribution >= 0.6 is 0 Å². The summed E-state index contributed by atoms with van der Waals surface area (Å²) < 4.78 is 5.42. The maximum atomic E-state index is 12.8. The zero-order chi connectivity index (χ0) is 18.0. The van der Waals surface area contributed by atoms with Gasteiger partial charge in [0.2, 0.25) is 11.9 Å². The van der Waals surface area contributed by atoms with Crippen molar-refractivity contribution in [3.8, 4) is 0 Å². The Morgan fingerprint density at radius 2 is 2.00 bits per heavy atom. The van der Waals surface area contributed by atoms with Crippen molar-refractivity contribution >= 4 is 17.7 Å². The van der Waals surface area contributed by atoms with E-state index < -0.39 is 0 Å². The molecule has 8 heteroatoms. The van der Waals surface area contributed by atoms with Crippen LogP contribution in [0.15, 0.2) is 12.3 Å². The quantitative estimate of drug-likeness (QED) is 0.753. The smallest absolute Gasteiger partial charge is 0.240 e. The van der Waals surface area contributed by atoms with Gasteiger partial charge in [-0.1, -0.05) is 0 Å². The molecule has 25 heavy (non-hydrogen) atoms. The maximum Gasteiger partial charge on any atom is 0.240 e. The summed E-state index contributed by atoms with van der Waals surface area (Å²) in [5.74, 6) is 1.84. The van der Waals surface area contributed by atoms with Crippen molar-refractivity contribution in [2.75, 3.05) is 70.8 Å². The van der Waals surface area contributed by atoms with E-state index in [0.717, 1.165) is 45.0 Å². The number of carbonyl (C=O) groups excluding carboxylic acids is 1. The Balaban J connectivity index is 1.58. The average Bonchev–Trinajstić information content (AvgIpc) is 3.02. The summed E-state index contributed by atoms with van der Waals surface area (Å²) in [5, 5.41) is 0. The molecule has 1 aromatic heterocycles. The Hall–Kier alpha value is -1.93. The van der Waals surface area contributed by atoms with Gasteiger partial charge in [-0.2, -0.15) is 4.98 Å². The third-order valence-electron chi connectivity index (χ3n) is 5.07. The molecule has 2 fully saturated rings. The molecule has 0 unspecified atom stereocenters. The minimum atomic E-state index is -0.0594. The van der Waals surface area contributed by atoms with E-state index in [2.05, 4.69) is 19.8 Å². The number of ether oxygens (including phenoxy) is 1. The van der Waals surface area contributed by atoms with Crippen LogP contribution in [0, 0.1) is 0 Å². The fourth-order valence-corrected chi connectivity index (χ4v) is 3.51. The summed E-state index contributed by atoms with van der Waals surface area (Å²) in [6, 6.07) is 1.87. The SMILES string of the molecule is CO[C@H]1C[C@@H](C(=O)N2CCN(c3ccnc(N(C)C)n3)CC2)N(C)C1. The monoisotopic (exact) mass is 348 g/mol. The predicted octanol–water partition coefficient (Wildman–Crippen LogP) is -0.0897. The second-order valence-corrected chi connectivity index (χ2v) is 6.97. The lowest BCUT2D eigenvalue weighted by atomic mass is 10.1. The third-order valence-corrected chi connectivity index (χ3v) is 5.07. The second kappa shape index (κ2) is 7.53. The first kappa shape index (κ1) is 17.9. The van der Waals surface area contributed by atoms with Crippen LogP contribution in [0.5, 0.6) is 0 Å². The summed E-state index contributed by atoms with van der Waals surface area (Å²) in [5.41, 5.74) is 0. The minimum absolute atomic E-state index is 0.0594. The highest BCUT2D eigenvalue weighted by molar-refractivity contribution is 5.82. The van der Waals surface area contributed by atoms with Crippen molar-refractivity contribution in [1.29, 1.82) is 0 Å². The van der Waals surface area contributed by atoms with Crippen molar-refractivity contribution in [2.45, 2.75) is 18.6 Å². The molecule has 138 valence electrons. The van der Waals surface area contributed by atoms with Crippen LogP contribution in [0.2, 0.25) is 0 Å². The highest BCUT2D eigenvalue weighted by atomic mass is 16.5. The van der Waals surface area contributed by atoms with Gasteiger partial charge in [-0.25, -0.2) is 4.98 Å². The Bertz CT molecular complexity index is 603. The number of anilines is 2. The van der Waals surface area contributed by atoms with E-state index in [-0.39, 0.29) is 18.1 Å². The van der Waals surface area contributed by atoms with Gasteiger partial charge < -0.3 is 19.4 Å². The molecule has 0 spiro atoms. The molecule has 3 rings (SSSR count). The Morgan fingerprint density at radius 1 is 1.28 bits per heavy atom. The molecule has 0 aromatic carbocycles. The molecule has 0 radical (unpaired) electrons. The van der Waals surface area contributed by atoms with Crippen LogP contribution in [-0.4, -0.2) is 98.8 Å². The van der Waals surface area contributed by atoms with E-state index in [1.165, 1.54) is 0 Å². The number of methoxy groups -OCH3 is 1. The molecule has 8 nitrogen and oxygen atoms in total. The maximum absolute atomic E-state index is 12.8. The standard InChI is InChI=1S/C17H28N6O2/c1-20(2)17-18-6-5-15(19-17)22-7-9-23(10-8-22)16(24)14-11-13(25-4)12-21(14)3/h5-6,13-14H,7-12H2,1-4H3/t13-,14-/m0/s1. The fraction of sp³-hybridized carbons (Fsp3) is 0.706. The van der Waals surface area contributed by atoms with Crippen LogP contribution in [0.4, 0.5) is 11.8 Å². The van der Waals surface area contributed by atoms with Crippen molar-refractivity contribution < 1.29 is 9.53 Å². The molecule has 3 heterocycles. The lowest BCUT2D eigenvalue weighted by Gasteiger charge is -2.37. The van der Waals surface area contributed by atoms with Gasteiger partial charge >= 0.3 is 0 Å². The number of aromatic nitrogens is 2. The Kier molecular flexibility index (Phi) is 5.39. The number of nitrogens with zero attached hydrogens (tertiary/aromatic N) is 6. The van der Waals surface area contributed by atoms with Crippen molar-refractivity contribution in [3.63, 3.8) is 0 Å². The van der Waals surface area contributed by atoms with E-state index >= 15 is 0 Å². The van der Waals surface area contributed by atoms with Gasteiger partial charge in [-0.15, -0.1) is 0 Å². The van der Waals surface area contributed by atoms with Crippen LogP contribution in [0.25, 0.3) is 0 Å². The number of hydrogen-bond acceptors (Lipinski definition) is 7. The summed E-state index contributed by atoms with van der Waals surface area (Å²) in [7, 11) is 7.58. The van der Waals surface area contributed by atoms with E-state index in [4.69, 9.17) is 4.74 Å². The molecule has 1 aromatic rings. The highest BCUT2D eigenvalue weighted by Crippen LogP contribution is 2.22. The number of rotatable bonds is 4. The lowest BCUT2D eigenvalue weighted by Crippen LogP contribution is -2.53. The van der Waals surface area contributed by atoms with E-state index in [1.54, 1.807) is 13.3 Å². The predicted molar refractivity (Wildman–Crippen MR) is 97.0 cm³/mol. The molecular weight excluding hydrogens is 320 g/mol. The second-order valence-electron chi connectivity index (χ2n) is 6.97. The van der Waals surface area contributed by atoms with E-state index in [1.807, 2.05) is 37.0 Å². The van der Waals surface area contributed by atoms with Crippen LogP contribution < -0.4 is 9.80 Å². The summed E-state index contributed by atoms with van der Waals surface area (Å²) in [6.07, 6.45) is 2.73. The molecule has 2 aliphatic rings. The minimum Gasteiger partial charge on any atom is -0.380 e. The number of piperazine rings is 1. The number of hydrogen-bond donors (Lipinski definition) is 0. The number of amides is 1. The summed E-state index contributed by atoms with van der Waals surface area (Å²) in [6.45, 7) is 3.85. The largest absolute Gasteiger partial charge is 0.380 e. The normalized spacial score (nSPS) is 24.6. The first-order chi connectivity index (χ1) is 12.0. The van der Waals surface area contributed by atoms with Gasteiger partial charge in [0, 0.05) is 60.1 Å². The van der Waals surface area contributed by atoms with Crippen LogP contribution in [0.1, 0.15) is 6.42 Å². The molecule has 2 atom stereocenters. The third kappa shape index (κ3) is 3.85. The lowest BCUT2D eigenvalue weighted by molar-refractivity contribution is -0.135. The first-order valence-corrected chi connectivity index (χ1v) is 8.76. The molecule has 0 N–H and O–H groups in total. The molecule has 0 saturated carbocycles. The van der Waals surface area contributed by atoms with Gasteiger partial charge in [-0.3, -0.25) is 9.69 Å². The fourth-order valence-electron chi connectivity index (χ4n) is 3.51. The Labute approximate surface area is 149 Å². The number of carbonyl (C=O) groups is 1. The average molecular weight is 348 g/mol. The molecule has 2 saturated heterocycles. The molecular formula is C17H28N6O2. The van der Waals surface area contributed by atoms with E-state index in [9.17, 15) is 4.79 Å². The highest BCUT2D eigenvalue weighted by Gasteiger charge is 2.37. The molecule has 1 amide bonds. The molecule has 0 aliphatic carbocycles.